The monoisotopic (exact) mass is 123 g/mol. The van der Waals surface area contributed by atoms with Gasteiger partial charge in [0, 0.05) is 6.04 Å². The molecule has 1 aliphatic rings. The van der Waals surface area contributed by atoms with Crippen LogP contribution in [0.4, 0.5) is 0 Å². The Labute approximate surface area is 56.5 Å². The minimum absolute atomic E-state index is 0.542. The third-order valence-electron chi connectivity index (χ3n) is 1.72. The molecule has 0 fully saturated rings. The molecule has 0 saturated heterocycles. The molecule has 9 heavy (non-hydrogen) atoms. The van der Waals surface area contributed by atoms with Crippen molar-refractivity contribution < 1.29 is 0 Å². The van der Waals surface area contributed by atoms with E-state index in [9.17, 15) is 0 Å². The molecule has 0 aliphatic carbocycles. The second-order valence-electron chi connectivity index (χ2n) is 2.34. The van der Waals surface area contributed by atoms with Gasteiger partial charge in [-0.2, -0.15) is 0 Å². The van der Waals surface area contributed by atoms with E-state index in [1.807, 2.05) is 6.20 Å². The van der Waals surface area contributed by atoms with E-state index < -0.39 is 0 Å². The average Bonchev–Trinajstić information content (AvgIpc) is 1.89. The predicted molar refractivity (Wildman–Crippen MR) is 40.1 cm³/mol. The lowest BCUT2D eigenvalue weighted by molar-refractivity contribution is 0.693. The lowest BCUT2D eigenvalue weighted by Gasteiger charge is -2.17. The number of hydrogen-bond donors (Lipinski definition) is 1. The van der Waals surface area contributed by atoms with Gasteiger partial charge in [0.05, 0.1) is 0 Å². The standard InChI is InChI=1S/C8H13N/c1-3-8-5-4-6-9-7(8)2/h4-7,9H,3H2,1-2H3. The summed E-state index contributed by atoms with van der Waals surface area (Å²) in [6, 6.07) is 0.542. The molecule has 0 spiro atoms. The highest BCUT2D eigenvalue weighted by Crippen LogP contribution is 2.09. The molecule has 0 radical (unpaired) electrons. The molecule has 1 aliphatic heterocycles. The van der Waals surface area contributed by atoms with E-state index in [4.69, 9.17) is 0 Å². The van der Waals surface area contributed by atoms with Gasteiger partial charge in [0.2, 0.25) is 0 Å². The van der Waals surface area contributed by atoms with E-state index in [1.54, 1.807) is 0 Å². The number of nitrogens with one attached hydrogen (secondary N) is 1. The first-order valence-corrected chi connectivity index (χ1v) is 3.46. The van der Waals surface area contributed by atoms with Gasteiger partial charge in [-0.25, -0.2) is 0 Å². The Hall–Kier alpha value is -0.720. The molecule has 0 amide bonds. The van der Waals surface area contributed by atoms with Crippen LogP contribution in [-0.4, -0.2) is 6.04 Å². The molecule has 0 bridgehead atoms. The van der Waals surface area contributed by atoms with Gasteiger partial charge >= 0.3 is 0 Å². The fourth-order valence-electron chi connectivity index (χ4n) is 1.05. The second kappa shape index (κ2) is 2.72. The van der Waals surface area contributed by atoms with Crippen LogP contribution in [-0.2, 0) is 0 Å². The van der Waals surface area contributed by atoms with Gasteiger partial charge in [0.15, 0.2) is 0 Å². The molecule has 50 valence electrons. The molecule has 0 aromatic rings. The van der Waals surface area contributed by atoms with E-state index in [2.05, 4.69) is 31.3 Å². The smallest absolute Gasteiger partial charge is 0.0442 e. The fraction of sp³-hybridized carbons (Fsp3) is 0.500. The first kappa shape index (κ1) is 6.40. The van der Waals surface area contributed by atoms with Gasteiger partial charge in [-0.05, 0) is 31.2 Å². The van der Waals surface area contributed by atoms with Crippen molar-refractivity contribution in [2.45, 2.75) is 26.3 Å². The number of dihydropyridines is 1. The van der Waals surface area contributed by atoms with Crippen LogP contribution >= 0.6 is 0 Å². The Kier molecular flexibility index (Phi) is 1.93. The minimum Gasteiger partial charge on any atom is -0.385 e. The van der Waals surface area contributed by atoms with Crippen molar-refractivity contribution >= 4 is 0 Å². The highest BCUT2D eigenvalue weighted by molar-refractivity contribution is 5.21. The van der Waals surface area contributed by atoms with Crippen LogP contribution in [0.2, 0.25) is 0 Å². The second-order valence-corrected chi connectivity index (χ2v) is 2.34. The maximum Gasteiger partial charge on any atom is 0.0442 e. The van der Waals surface area contributed by atoms with Crippen molar-refractivity contribution in [3.05, 3.63) is 23.9 Å². The zero-order chi connectivity index (χ0) is 6.69. The average molecular weight is 123 g/mol. The van der Waals surface area contributed by atoms with Gasteiger partial charge in [0.25, 0.3) is 0 Å². The molecule has 1 nitrogen and oxygen atoms in total. The summed E-state index contributed by atoms with van der Waals surface area (Å²) >= 11 is 0. The van der Waals surface area contributed by atoms with Gasteiger partial charge in [-0.1, -0.05) is 13.0 Å². The molecule has 0 aromatic heterocycles. The van der Waals surface area contributed by atoms with Crippen LogP contribution in [0.1, 0.15) is 20.3 Å². The van der Waals surface area contributed by atoms with Gasteiger partial charge in [-0.3, -0.25) is 0 Å². The maximum absolute atomic E-state index is 3.23. The van der Waals surface area contributed by atoms with E-state index in [-0.39, 0.29) is 0 Å². The van der Waals surface area contributed by atoms with Crippen LogP contribution in [0.5, 0.6) is 0 Å². The van der Waals surface area contributed by atoms with Crippen molar-refractivity contribution in [2.24, 2.45) is 0 Å². The Morgan fingerprint density at radius 3 is 2.89 bits per heavy atom. The maximum atomic E-state index is 3.23. The number of hydrogen-bond acceptors (Lipinski definition) is 1. The Balaban J connectivity index is 2.63. The molecule has 0 saturated carbocycles. The van der Waals surface area contributed by atoms with Gasteiger partial charge in [0.1, 0.15) is 0 Å². The summed E-state index contributed by atoms with van der Waals surface area (Å²) in [4.78, 5) is 0. The van der Waals surface area contributed by atoms with Gasteiger partial charge in [-0.15, -0.1) is 0 Å². The van der Waals surface area contributed by atoms with Crippen molar-refractivity contribution in [1.82, 2.24) is 5.32 Å². The lowest BCUT2D eigenvalue weighted by Crippen LogP contribution is -2.24. The molecule has 1 N–H and O–H groups in total. The van der Waals surface area contributed by atoms with Gasteiger partial charge < -0.3 is 5.32 Å². The van der Waals surface area contributed by atoms with Crippen LogP contribution in [0.3, 0.4) is 0 Å². The Bertz CT molecular complexity index is 145. The molecule has 1 heterocycles. The summed E-state index contributed by atoms with van der Waals surface area (Å²) in [5.74, 6) is 0. The van der Waals surface area contributed by atoms with Crippen molar-refractivity contribution in [2.75, 3.05) is 0 Å². The zero-order valence-electron chi connectivity index (χ0n) is 6.02. The SMILES string of the molecule is CCC1=CC=CNC1C. The molecular formula is C8H13N. The first-order chi connectivity index (χ1) is 4.34. The lowest BCUT2D eigenvalue weighted by atomic mass is 10.0. The van der Waals surface area contributed by atoms with Crippen molar-refractivity contribution in [3.63, 3.8) is 0 Å². The number of allylic oxidation sites excluding steroid dienone is 2. The normalized spacial score (nSPS) is 25.1. The molecular weight excluding hydrogens is 110 g/mol. The summed E-state index contributed by atoms with van der Waals surface area (Å²) in [5.41, 5.74) is 1.48. The minimum atomic E-state index is 0.542. The topological polar surface area (TPSA) is 12.0 Å². The largest absolute Gasteiger partial charge is 0.385 e. The van der Waals surface area contributed by atoms with Crippen molar-refractivity contribution in [1.29, 1.82) is 0 Å². The van der Waals surface area contributed by atoms with E-state index >= 15 is 0 Å². The highest BCUT2D eigenvalue weighted by Gasteiger charge is 2.04. The first-order valence-electron chi connectivity index (χ1n) is 3.46. The third-order valence-corrected chi connectivity index (χ3v) is 1.72. The zero-order valence-corrected chi connectivity index (χ0v) is 6.02. The molecule has 1 rings (SSSR count). The summed E-state index contributed by atoms with van der Waals surface area (Å²) in [5, 5.41) is 3.23. The fourth-order valence-corrected chi connectivity index (χ4v) is 1.05. The number of rotatable bonds is 1. The Morgan fingerprint density at radius 2 is 2.44 bits per heavy atom. The van der Waals surface area contributed by atoms with E-state index in [0.29, 0.717) is 6.04 Å². The highest BCUT2D eigenvalue weighted by atomic mass is 14.9. The third kappa shape index (κ3) is 1.35. The summed E-state index contributed by atoms with van der Waals surface area (Å²) in [6.07, 6.45) is 7.38. The van der Waals surface area contributed by atoms with Crippen LogP contribution in [0.25, 0.3) is 0 Å². The predicted octanol–water partition coefficient (Wildman–Crippen LogP) is 1.83. The summed E-state index contributed by atoms with van der Waals surface area (Å²) in [6.45, 7) is 4.36. The van der Waals surface area contributed by atoms with Crippen LogP contribution in [0.15, 0.2) is 23.9 Å². The van der Waals surface area contributed by atoms with Crippen LogP contribution < -0.4 is 5.32 Å². The van der Waals surface area contributed by atoms with Crippen LogP contribution in [0, 0.1) is 0 Å². The Morgan fingerprint density at radius 1 is 1.67 bits per heavy atom. The summed E-state index contributed by atoms with van der Waals surface area (Å²) < 4.78 is 0. The molecule has 1 unspecified atom stereocenters. The quantitative estimate of drug-likeness (QED) is 0.561. The molecule has 1 heteroatoms. The molecule has 1 atom stereocenters. The molecule has 0 aromatic carbocycles. The van der Waals surface area contributed by atoms with E-state index in [0.717, 1.165) is 6.42 Å². The van der Waals surface area contributed by atoms with E-state index in [1.165, 1.54) is 5.57 Å². The van der Waals surface area contributed by atoms with Crippen molar-refractivity contribution in [3.8, 4) is 0 Å². The summed E-state index contributed by atoms with van der Waals surface area (Å²) in [7, 11) is 0.